The summed E-state index contributed by atoms with van der Waals surface area (Å²) in [5.74, 6) is -0.827. The number of nitrogens with zero attached hydrogens (tertiary/aromatic N) is 2. The number of carbonyl (C=O) groups excluding carboxylic acids is 1. The zero-order valence-electron chi connectivity index (χ0n) is 9.77. The van der Waals surface area contributed by atoms with Crippen molar-refractivity contribution in [3.63, 3.8) is 0 Å². The zero-order chi connectivity index (χ0) is 13.1. The van der Waals surface area contributed by atoms with E-state index in [0.717, 1.165) is 25.1 Å². The number of hydrogen-bond acceptors (Lipinski definition) is 3. The van der Waals surface area contributed by atoms with E-state index in [1.54, 1.807) is 4.90 Å². The third-order valence-corrected chi connectivity index (χ3v) is 3.40. The summed E-state index contributed by atoms with van der Waals surface area (Å²) in [5.41, 5.74) is 0.0789. The summed E-state index contributed by atoms with van der Waals surface area (Å²) in [6.07, 6.45) is 2.71. The van der Waals surface area contributed by atoms with E-state index in [-0.39, 0.29) is 29.1 Å². The number of hydrogen-bond donors (Lipinski definition) is 1. The van der Waals surface area contributed by atoms with Gasteiger partial charge in [-0.25, -0.2) is 9.37 Å². The number of rotatable bonds is 2. The molecular formula is C12H14ClFN2O2. The van der Waals surface area contributed by atoms with Gasteiger partial charge in [0, 0.05) is 19.7 Å². The summed E-state index contributed by atoms with van der Waals surface area (Å²) in [6.45, 7) is 1.13. The van der Waals surface area contributed by atoms with E-state index in [1.165, 1.54) is 0 Å². The fraction of sp³-hybridized carbons (Fsp3) is 0.500. The lowest BCUT2D eigenvalue weighted by atomic mass is 9.98. The number of pyridine rings is 1. The number of piperidine rings is 1. The topological polar surface area (TPSA) is 53.4 Å². The summed E-state index contributed by atoms with van der Waals surface area (Å²) in [5, 5.41) is 9.13. The van der Waals surface area contributed by atoms with E-state index in [4.69, 9.17) is 16.7 Å². The van der Waals surface area contributed by atoms with Gasteiger partial charge in [0.1, 0.15) is 11.0 Å². The highest BCUT2D eigenvalue weighted by molar-refractivity contribution is 6.32. The molecule has 18 heavy (non-hydrogen) atoms. The summed E-state index contributed by atoms with van der Waals surface area (Å²) in [7, 11) is 0. The first-order valence-corrected chi connectivity index (χ1v) is 6.20. The molecule has 1 amide bonds. The van der Waals surface area contributed by atoms with Crippen molar-refractivity contribution < 1.29 is 14.3 Å². The number of halogens is 2. The quantitative estimate of drug-likeness (QED) is 0.834. The molecular weight excluding hydrogens is 259 g/mol. The molecule has 1 unspecified atom stereocenters. The van der Waals surface area contributed by atoms with Crippen LogP contribution in [0.3, 0.4) is 0 Å². The monoisotopic (exact) mass is 272 g/mol. The predicted molar refractivity (Wildman–Crippen MR) is 64.9 cm³/mol. The number of amides is 1. The molecule has 0 saturated carbocycles. The van der Waals surface area contributed by atoms with Gasteiger partial charge in [0.15, 0.2) is 0 Å². The maximum atomic E-state index is 13.1. The van der Waals surface area contributed by atoms with Crippen LogP contribution in [0.25, 0.3) is 0 Å². The second-order valence-electron chi connectivity index (χ2n) is 4.43. The molecule has 0 spiro atoms. The van der Waals surface area contributed by atoms with Gasteiger partial charge in [0.05, 0.1) is 11.8 Å². The van der Waals surface area contributed by atoms with Crippen LogP contribution in [0.2, 0.25) is 5.15 Å². The van der Waals surface area contributed by atoms with Crippen LogP contribution in [0, 0.1) is 11.7 Å². The Balaban J connectivity index is 2.17. The highest BCUT2D eigenvalue weighted by atomic mass is 35.5. The van der Waals surface area contributed by atoms with Crippen LogP contribution in [-0.4, -0.2) is 40.6 Å². The first kappa shape index (κ1) is 13.2. The molecule has 6 heteroatoms. The second-order valence-corrected chi connectivity index (χ2v) is 4.79. The molecule has 1 aliphatic heterocycles. The van der Waals surface area contributed by atoms with E-state index in [9.17, 15) is 9.18 Å². The van der Waals surface area contributed by atoms with Gasteiger partial charge in [-0.3, -0.25) is 4.79 Å². The summed E-state index contributed by atoms with van der Waals surface area (Å²) in [4.78, 5) is 17.4. The van der Waals surface area contributed by atoms with Gasteiger partial charge in [-0.2, -0.15) is 0 Å². The molecule has 0 bridgehead atoms. The van der Waals surface area contributed by atoms with Crippen molar-refractivity contribution in [2.75, 3.05) is 19.7 Å². The summed E-state index contributed by atoms with van der Waals surface area (Å²) >= 11 is 5.81. The molecule has 1 saturated heterocycles. The Morgan fingerprint density at radius 2 is 2.44 bits per heavy atom. The fourth-order valence-electron chi connectivity index (χ4n) is 2.14. The minimum Gasteiger partial charge on any atom is -0.396 e. The Morgan fingerprint density at radius 1 is 1.67 bits per heavy atom. The van der Waals surface area contributed by atoms with E-state index in [2.05, 4.69) is 4.98 Å². The number of aromatic nitrogens is 1. The van der Waals surface area contributed by atoms with Crippen molar-refractivity contribution in [1.82, 2.24) is 9.88 Å². The van der Waals surface area contributed by atoms with Gasteiger partial charge in [-0.1, -0.05) is 11.6 Å². The number of carbonyl (C=O) groups is 1. The van der Waals surface area contributed by atoms with Crippen LogP contribution in [0.5, 0.6) is 0 Å². The van der Waals surface area contributed by atoms with Gasteiger partial charge >= 0.3 is 0 Å². The van der Waals surface area contributed by atoms with E-state index >= 15 is 0 Å². The maximum Gasteiger partial charge on any atom is 0.257 e. The van der Waals surface area contributed by atoms with Crippen molar-refractivity contribution in [1.29, 1.82) is 0 Å². The molecule has 2 rings (SSSR count). The minimum absolute atomic E-state index is 0.00696. The van der Waals surface area contributed by atoms with Crippen LogP contribution >= 0.6 is 11.6 Å². The van der Waals surface area contributed by atoms with E-state index < -0.39 is 5.82 Å². The van der Waals surface area contributed by atoms with Crippen LogP contribution in [0.1, 0.15) is 23.2 Å². The van der Waals surface area contributed by atoms with Crippen molar-refractivity contribution in [2.24, 2.45) is 5.92 Å². The molecule has 1 atom stereocenters. The standard InChI is InChI=1S/C12H14ClFN2O2/c13-11-10(4-9(14)5-15-11)12(18)16-3-1-2-8(6-16)7-17/h4-5,8,17H,1-3,6-7H2. The average molecular weight is 273 g/mol. The molecule has 1 aromatic rings. The third kappa shape index (κ3) is 2.79. The minimum atomic E-state index is -0.585. The molecule has 0 aromatic carbocycles. The Bertz CT molecular complexity index is 456. The molecule has 1 N–H and O–H groups in total. The molecule has 98 valence electrons. The SMILES string of the molecule is O=C(c1cc(F)cnc1Cl)N1CCCC(CO)C1. The van der Waals surface area contributed by atoms with Gasteiger partial charge in [-0.15, -0.1) is 0 Å². The lowest BCUT2D eigenvalue weighted by molar-refractivity contribution is 0.0620. The van der Waals surface area contributed by atoms with Gasteiger partial charge in [0.2, 0.25) is 0 Å². The van der Waals surface area contributed by atoms with Gasteiger partial charge < -0.3 is 10.0 Å². The van der Waals surface area contributed by atoms with E-state index in [0.29, 0.717) is 13.1 Å². The summed E-state index contributed by atoms with van der Waals surface area (Å²) < 4.78 is 13.1. The molecule has 1 fully saturated rings. The molecule has 4 nitrogen and oxygen atoms in total. The summed E-state index contributed by atoms with van der Waals surface area (Å²) in [6, 6.07) is 1.10. The maximum absolute atomic E-state index is 13.1. The molecule has 1 aromatic heterocycles. The smallest absolute Gasteiger partial charge is 0.257 e. The lowest BCUT2D eigenvalue weighted by Crippen LogP contribution is -2.41. The van der Waals surface area contributed by atoms with Gasteiger partial charge in [-0.05, 0) is 24.8 Å². The highest BCUT2D eigenvalue weighted by Crippen LogP contribution is 2.21. The first-order chi connectivity index (χ1) is 8.61. The van der Waals surface area contributed by atoms with Crippen LogP contribution < -0.4 is 0 Å². The Hall–Kier alpha value is -1.20. The lowest BCUT2D eigenvalue weighted by Gasteiger charge is -2.32. The fourth-order valence-corrected chi connectivity index (χ4v) is 2.33. The van der Waals surface area contributed by atoms with E-state index in [1.807, 2.05) is 0 Å². The second kappa shape index (κ2) is 5.63. The first-order valence-electron chi connectivity index (χ1n) is 5.83. The molecule has 0 aliphatic carbocycles. The molecule has 1 aliphatic rings. The zero-order valence-corrected chi connectivity index (χ0v) is 10.5. The molecule has 0 radical (unpaired) electrons. The van der Waals surface area contributed by atoms with Crippen molar-refractivity contribution in [2.45, 2.75) is 12.8 Å². The number of likely N-dealkylation sites (tertiary alicyclic amines) is 1. The van der Waals surface area contributed by atoms with Crippen molar-refractivity contribution in [3.8, 4) is 0 Å². The highest BCUT2D eigenvalue weighted by Gasteiger charge is 2.25. The van der Waals surface area contributed by atoms with Crippen LogP contribution in [0.4, 0.5) is 4.39 Å². The number of aliphatic hydroxyl groups excluding tert-OH is 1. The molecule has 2 heterocycles. The Labute approximate surface area is 109 Å². The van der Waals surface area contributed by atoms with Crippen molar-refractivity contribution in [3.05, 3.63) is 28.8 Å². The Kier molecular flexibility index (Phi) is 4.14. The largest absolute Gasteiger partial charge is 0.396 e. The van der Waals surface area contributed by atoms with Crippen molar-refractivity contribution >= 4 is 17.5 Å². The average Bonchev–Trinajstić information content (AvgIpc) is 2.41. The normalized spacial score (nSPS) is 19.9. The predicted octanol–water partition coefficient (Wildman–Crippen LogP) is 1.72. The van der Waals surface area contributed by atoms with Crippen LogP contribution in [-0.2, 0) is 0 Å². The van der Waals surface area contributed by atoms with Crippen LogP contribution in [0.15, 0.2) is 12.3 Å². The third-order valence-electron chi connectivity index (χ3n) is 3.10. The van der Waals surface area contributed by atoms with Gasteiger partial charge in [0.25, 0.3) is 5.91 Å². The number of aliphatic hydroxyl groups is 1. The Morgan fingerprint density at radius 3 is 3.17 bits per heavy atom.